The van der Waals surface area contributed by atoms with Gasteiger partial charge < -0.3 is 10.2 Å². The summed E-state index contributed by atoms with van der Waals surface area (Å²) in [6.07, 6.45) is 0. The van der Waals surface area contributed by atoms with Gasteiger partial charge in [0.15, 0.2) is 0 Å². The largest absolute Gasteiger partial charge is 2.00 e. The van der Waals surface area contributed by atoms with E-state index in [4.69, 9.17) is 0 Å². The molecule has 0 fully saturated rings. The Balaban J connectivity index is 0.000000199. The summed E-state index contributed by atoms with van der Waals surface area (Å²) < 4.78 is 0. The SMILES string of the molecule is CC(C)c1ccccc1O.CC(C)c1ccccc1O.Cc1cc2cc[cH-]c2cc1C.Cc1cc2cc[cH-]c2cc1C.[Cr+2]. The van der Waals surface area contributed by atoms with Crippen molar-refractivity contribution in [2.45, 2.75) is 67.2 Å². The van der Waals surface area contributed by atoms with Gasteiger partial charge in [-0.25, -0.2) is 0 Å². The van der Waals surface area contributed by atoms with Crippen molar-refractivity contribution in [2.24, 2.45) is 0 Å². The van der Waals surface area contributed by atoms with Crippen LogP contribution in [-0.4, -0.2) is 10.2 Å². The normalized spacial score (nSPS) is 10.3. The minimum atomic E-state index is 0. The molecule has 0 aliphatic heterocycles. The van der Waals surface area contributed by atoms with Crippen molar-refractivity contribution >= 4 is 21.5 Å². The Hall–Kier alpha value is -3.77. The third-order valence-electron chi connectivity index (χ3n) is 7.62. The van der Waals surface area contributed by atoms with Crippen LogP contribution in [0.3, 0.4) is 0 Å². The molecule has 3 heteroatoms. The van der Waals surface area contributed by atoms with Gasteiger partial charge >= 0.3 is 17.4 Å². The summed E-state index contributed by atoms with van der Waals surface area (Å²) in [7, 11) is 0. The number of para-hydroxylation sites is 2. The van der Waals surface area contributed by atoms with Crippen LogP contribution in [0.4, 0.5) is 0 Å². The maximum absolute atomic E-state index is 9.28. The van der Waals surface area contributed by atoms with E-state index in [0.29, 0.717) is 23.3 Å². The van der Waals surface area contributed by atoms with Gasteiger partial charge in [-0.3, -0.25) is 0 Å². The monoisotopic (exact) mass is 610 g/mol. The molecular formula is C40H46CrO2. The van der Waals surface area contributed by atoms with Crippen molar-refractivity contribution in [1.82, 2.24) is 0 Å². The molecule has 0 amide bonds. The number of phenols is 2. The second-order valence-corrected chi connectivity index (χ2v) is 11.6. The molecule has 6 aromatic carbocycles. The van der Waals surface area contributed by atoms with Gasteiger partial charge in [-0.2, -0.15) is 24.3 Å². The predicted octanol–water partition coefficient (Wildman–Crippen LogP) is 11.4. The van der Waals surface area contributed by atoms with Crippen molar-refractivity contribution in [3.05, 3.63) is 143 Å². The molecule has 2 N–H and O–H groups in total. The van der Waals surface area contributed by atoms with Crippen molar-refractivity contribution in [2.75, 3.05) is 0 Å². The number of rotatable bonds is 2. The Morgan fingerprint density at radius 1 is 0.488 bits per heavy atom. The van der Waals surface area contributed by atoms with Crippen LogP contribution in [0.25, 0.3) is 21.5 Å². The first-order valence-electron chi connectivity index (χ1n) is 14.8. The number of phenolic OH excluding ortho intramolecular Hbond substituents is 2. The molecule has 0 heterocycles. The molecule has 6 aromatic rings. The van der Waals surface area contributed by atoms with Crippen molar-refractivity contribution in [3.8, 4) is 11.5 Å². The maximum atomic E-state index is 9.28. The maximum Gasteiger partial charge on any atom is 2.00 e. The van der Waals surface area contributed by atoms with Gasteiger partial charge in [-0.1, -0.05) is 86.3 Å². The van der Waals surface area contributed by atoms with E-state index < -0.39 is 0 Å². The molecule has 224 valence electrons. The average Bonchev–Trinajstić information content (AvgIpc) is 3.59. The summed E-state index contributed by atoms with van der Waals surface area (Å²) >= 11 is 0. The molecule has 0 aliphatic carbocycles. The number of hydrogen-bond acceptors (Lipinski definition) is 2. The van der Waals surface area contributed by atoms with Gasteiger partial charge in [0.05, 0.1) is 0 Å². The first kappa shape index (κ1) is 35.4. The van der Waals surface area contributed by atoms with E-state index in [1.807, 2.05) is 36.4 Å². The fourth-order valence-electron chi connectivity index (χ4n) is 4.76. The van der Waals surface area contributed by atoms with Crippen LogP contribution >= 0.6 is 0 Å². The molecule has 0 spiro atoms. The molecule has 0 bridgehead atoms. The van der Waals surface area contributed by atoms with Crippen molar-refractivity contribution in [1.29, 1.82) is 0 Å². The van der Waals surface area contributed by atoms with Gasteiger partial charge in [-0.15, -0.1) is 57.9 Å². The molecule has 0 aromatic heterocycles. The van der Waals surface area contributed by atoms with Gasteiger partial charge in [0.2, 0.25) is 0 Å². The van der Waals surface area contributed by atoms with Crippen LogP contribution in [0.1, 0.15) is 72.9 Å². The Labute approximate surface area is 269 Å². The third kappa shape index (κ3) is 10.2. The topological polar surface area (TPSA) is 40.5 Å². The summed E-state index contributed by atoms with van der Waals surface area (Å²) in [6.45, 7) is 16.9. The van der Waals surface area contributed by atoms with Crippen molar-refractivity contribution < 1.29 is 27.6 Å². The standard InChI is InChI=1S/2C11H11.2C9H12O.Cr/c2*1-8-6-10-4-3-5-11(10)7-9(8)2;2*1-7(2)8-5-3-4-6-9(8)10;/h2*3-7H,1-2H3;2*3-7,10H,1-2H3;/q2*-1;;;+2. The fraction of sp³-hybridized carbons (Fsp3) is 0.250. The van der Waals surface area contributed by atoms with Crippen LogP contribution in [0, 0.1) is 27.7 Å². The van der Waals surface area contributed by atoms with Crippen LogP contribution < -0.4 is 0 Å². The number of benzene rings is 4. The molecule has 0 aliphatic rings. The van der Waals surface area contributed by atoms with Crippen LogP contribution in [-0.2, 0) is 17.4 Å². The molecule has 0 unspecified atom stereocenters. The summed E-state index contributed by atoms with van der Waals surface area (Å²) in [5.41, 5.74) is 7.55. The molecular weight excluding hydrogens is 564 g/mol. The second kappa shape index (κ2) is 16.8. The first-order valence-corrected chi connectivity index (χ1v) is 14.8. The van der Waals surface area contributed by atoms with E-state index in [0.717, 1.165) is 11.1 Å². The molecule has 0 saturated heterocycles. The van der Waals surface area contributed by atoms with Gasteiger partial charge in [0, 0.05) is 0 Å². The molecule has 0 atom stereocenters. The summed E-state index contributed by atoms with van der Waals surface area (Å²) in [6, 6.07) is 36.7. The number of fused-ring (bicyclic) bond motifs is 2. The number of hydrogen-bond donors (Lipinski definition) is 2. The second-order valence-electron chi connectivity index (χ2n) is 11.6. The van der Waals surface area contributed by atoms with Crippen LogP contribution in [0.15, 0.2) is 109 Å². The van der Waals surface area contributed by atoms with E-state index >= 15 is 0 Å². The number of aryl methyl sites for hydroxylation is 4. The van der Waals surface area contributed by atoms with Crippen LogP contribution in [0.5, 0.6) is 11.5 Å². The third-order valence-corrected chi connectivity index (χ3v) is 7.62. The van der Waals surface area contributed by atoms with Crippen LogP contribution in [0.2, 0.25) is 0 Å². The van der Waals surface area contributed by atoms with E-state index in [2.05, 4.69) is 116 Å². The van der Waals surface area contributed by atoms with E-state index in [1.165, 1.54) is 43.8 Å². The minimum absolute atomic E-state index is 0. The Morgan fingerprint density at radius 3 is 1.12 bits per heavy atom. The molecule has 43 heavy (non-hydrogen) atoms. The first-order chi connectivity index (χ1) is 20.0. The molecule has 2 nitrogen and oxygen atoms in total. The summed E-state index contributed by atoms with van der Waals surface area (Å²) in [5, 5.41) is 24.0. The van der Waals surface area contributed by atoms with Crippen molar-refractivity contribution in [3.63, 3.8) is 0 Å². The van der Waals surface area contributed by atoms with E-state index in [9.17, 15) is 10.2 Å². The van der Waals surface area contributed by atoms with Gasteiger partial charge in [0.25, 0.3) is 0 Å². The van der Waals surface area contributed by atoms with Gasteiger partial charge in [0.1, 0.15) is 11.5 Å². The molecule has 6 rings (SSSR count). The number of aromatic hydroxyl groups is 2. The summed E-state index contributed by atoms with van der Waals surface area (Å²) in [5.74, 6) is 1.61. The van der Waals surface area contributed by atoms with E-state index in [1.54, 1.807) is 12.1 Å². The average molecular weight is 611 g/mol. The Morgan fingerprint density at radius 2 is 0.814 bits per heavy atom. The fourth-order valence-corrected chi connectivity index (χ4v) is 4.76. The quantitative estimate of drug-likeness (QED) is 0.192. The summed E-state index contributed by atoms with van der Waals surface area (Å²) in [4.78, 5) is 0. The Bertz CT molecular complexity index is 1500. The molecule has 0 saturated carbocycles. The molecule has 0 radical (unpaired) electrons. The Kier molecular flexibility index (Phi) is 13.8. The predicted molar refractivity (Wildman–Crippen MR) is 182 cm³/mol. The van der Waals surface area contributed by atoms with Gasteiger partial charge in [-0.05, 0) is 62.8 Å². The smallest absolute Gasteiger partial charge is 0.508 e. The zero-order valence-corrected chi connectivity index (χ0v) is 28.1. The zero-order chi connectivity index (χ0) is 30.8. The zero-order valence-electron chi connectivity index (χ0n) is 26.8. The minimum Gasteiger partial charge on any atom is -0.508 e. The van der Waals surface area contributed by atoms with E-state index in [-0.39, 0.29) is 17.4 Å².